The Labute approximate surface area is 89.5 Å². The van der Waals surface area contributed by atoms with Gasteiger partial charge in [0.2, 0.25) is 0 Å². The van der Waals surface area contributed by atoms with Gasteiger partial charge in [-0.05, 0) is 6.92 Å². The van der Waals surface area contributed by atoms with Crippen LogP contribution < -0.4 is 0 Å². The van der Waals surface area contributed by atoms with Gasteiger partial charge in [-0.3, -0.25) is 4.90 Å². The molecular formula is C10H17NO2S. The Balaban J connectivity index is 2.28. The lowest BCUT2D eigenvalue weighted by molar-refractivity contribution is -0.138. The number of rotatable bonds is 4. The van der Waals surface area contributed by atoms with Crippen LogP contribution >= 0.6 is 11.8 Å². The average molecular weight is 215 g/mol. The molecule has 1 aliphatic heterocycles. The van der Waals surface area contributed by atoms with Gasteiger partial charge in [0.1, 0.15) is 0 Å². The molecule has 0 saturated carbocycles. The fourth-order valence-corrected chi connectivity index (χ4v) is 2.31. The number of hydrogen-bond donors (Lipinski definition) is 0. The van der Waals surface area contributed by atoms with E-state index in [0.717, 1.165) is 24.6 Å². The molecule has 0 unspecified atom stereocenters. The van der Waals surface area contributed by atoms with Crippen LogP contribution in [0.15, 0.2) is 12.2 Å². The van der Waals surface area contributed by atoms with E-state index in [1.54, 1.807) is 0 Å². The number of hydrogen-bond acceptors (Lipinski definition) is 4. The quantitative estimate of drug-likeness (QED) is 0.520. The van der Waals surface area contributed by atoms with Crippen molar-refractivity contribution in [2.45, 2.75) is 6.92 Å². The summed E-state index contributed by atoms with van der Waals surface area (Å²) in [7, 11) is 0. The maximum Gasteiger partial charge on any atom is 0.334 e. The van der Waals surface area contributed by atoms with Crippen LogP contribution in [0.2, 0.25) is 0 Å². The fraction of sp³-hybridized carbons (Fsp3) is 0.700. The molecule has 1 heterocycles. The van der Waals surface area contributed by atoms with Gasteiger partial charge in [0.05, 0.1) is 6.61 Å². The number of carbonyl (C=O) groups excluding carboxylic acids is 1. The molecule has 0 spiro atoms. The first-order valence-corrected chi connectivity index (χ1v) is 6.04. The molecule has 0 aromatic rings. The van der Waals surface area contributed by atoms with E-state index in [0.29, 0.717) is 18.7 Å². The van der Waals surface area contributed by atoms with E-state index in [1.807, 2.05) is 18.7 Å². The molecule has 0 aliphatic carbocycles. The Kier molecular flexibility index (Phi) is 5.04. The predicted molar refractivity (Wildman–Crippen MR) is 59.5 cm³/mol. The zero-order valence-corrected chi connectivity index (χ0v) is 9.44. The standard InChI is InChI=1S/C10H17NO2S/c1-3-13-10(12)9(2)8-11-4-6-14-7-5-11/h2-8H2,1H3. The van der Waals surface area contributed by atoms with Crippen LogP contribution in [0.25, 0.3) is 0 Å². The van der Waals surface area contributed by atoms with Gasteiger partial charge in [-0.15, -0.1) is 0 Å². The summed E-state index contributed by atoms with van der Waals surface area (Å²) in [6, 6.07) is 0. The van der Waals surface area contributed by atoms with Crippen molar-refractivity contribution in [2.24, 2.45) is 0 Å². The van der Waals surface area contributed by atoms with Crippen LogP contribution in [0, 0.1) is 0 Å². The highest BCUT2D eigenvalue weighted by Crippen LogP contribution is 2.10. The molecule has 1 fully saturated rings. The summed E-state index contributed by atoms with van der Waals surface area (Å²) in [5.74, 6) is 2.04. The smallest absolute Gasteiger partial charge is 0.334 e. The van der Waals surface area contributed by atoms with Crippen LogP contribution in [-0.4, -0.2) is 48.6 Å². The van der Waals surface area contributed by atoms with Crippen molar-refractivity contribution in [1.82, 2.24) is 4.90 Å². The first-order valence-electron chi connectivity index (χ1n) is 4.89. The van der Waals surface area contributed by atoms with Crippen molar-refractivity contribution in [3.8, 4) is 0 Å². The van der Waals surface area contributed by atoms with Gasteiger partial charge >= 0.3 is 5.97 Å². The second-order valence-corrected chi connectivity index (χ2v) is 4.44. The van der Waals surface area contributed by atoms with Gasteiger partial charge in [-0.25, -0.2) is 4.79 Å². The second kappa shape index (κ2) is 6.09. The number of carbonyl (C=O) groups is 1. The normalized spacial score (nSPS) is 17.8. The summed E-state index contributed by atoms with van der Waals surface area (Å²) in [6.45, 7) is 8.72. The van der Waals surface area contributed by atoms with Crippen LogP contribution in [0.1, 0.15) is 6.92 Å². The van der Waals surface area contributed by atoms with E-state index in [2.05, 4.69) is 11.5 Å². The lowest BCUT2D eigenvalue weighted by atomic mass is 10.3. The topological polar surface area (TPSA) is 29.5 Å². The Bertz CT molecular complexity index is 212. The van der Waals surface area contributed by atoms with E-state index in [4.69, 9.17) is 4.74 Å². The van der Waals surface area contributed by atoms with Crippen molar-refractivity contribution in [1.29, 1.82) is 0 Å². The first kappa shape index (κ1) is 11.6. The van der Waals surface area contributed by atoms with Crippen molar-refractivity contribution in [2.75, 3.05) is 37.7 Å². The molecule has 80 valence electrons. The zero-order chi connectivity index (χ0) is 10.4. The third-order valence-electron chi connectivity index (χ3n) is 2.08. The summed E-state index contributed by atoms with van der Waals surface area (Å²) in [5.41, 5.74) is 0.568. The van der Waals surface area contributed by atoms with Gasteiger partial charge < -0.3 is 4.74 Å². The summed E-state index contributed by atoms with van der Waals surface area (Å²) in [6.07, 6.45) is 0. The van der Waals surface area contributed by atoms with Crippen molar-refractivity contribution < 1.29 is 9.53 Å². The molecule has 0 aromatic heterocycles. The maximum absolute atomic E-state index is 11.3. The summed E-state index contributed by atoms with van der Waals surface area (Å²) >= 11 is 1.96. The summed E-state index contributed by atoms with van der Waals surface area (Å²) < 4.78 is 4.87. The highest BCUT2D eigenvalue weighted by molar-refractivity contribution is 7.99. The van der Waals surface area contributed by atoms with Crippen molar-refractivity contribution in [3.05, 3.63) is 12.2 Å². The van der Waals surface area contributed by atoms with Crippen LogP contribution in [0.3, 0.4) is 0 Å². The number of nitrogens with zero attached hydrogens (tertiary/aromatic N) is 1. The monoisotopic (exact) mass is 215 g/mol. The molecule has 0 aromatic carbocycles. The highest BCUT2D eigenvalue weighted by Gasteiger charge is 2.15. The fourth-order valence-electron chi connectivity index (χ4n) is 1.33. The van der Waals surface area contributed by atoms with Gasteiger partial charge in [-0.1, -0.05) is 6.58 Å². The molecule has 1 saturated heterocycles. The van der Waals surface area contributed by atoms with Gasteiger partial charge in [0.15, 0.2) is 0 Å². The molecule has 1 rings (SSSR count). The zero-order valence-electron chi connectivity index (χ0n) is 8.62. The molecule has 0 radical (unpaired) electrons. The Morgan fingerprint density at radius 3 is 2.71 bits per heavy atom. The molecule has 0 N–H and O–H groups in total. The van der Waals surface area contributed by atoms with Crippen LogP contribution in [0.5, 0.6) is 0 Å². The first-order chi connectivity index (χ1) is 6.74. The van der Waals surface area contributed by atoms with Crippen molar-refractivity contribution >= 4 is 17.7 Å². The largest absolute Gasteiger partial charge is 0.463 e. The lowest BCUT2D eigenvalue weighted by Crippen LogP contribution is -2.35. The third kappa shape index (κ3) is 3.72. The summed E-state index contributed by atoms with van der Waals surface area (Å²) in [4.78, 5) is 13.5. The highest BCUT2D eigenvalue weighted by atomic mass is 32.2. The maximum atomic E-state index is 11.3. The van der Waals surface area contributed by atoms with Gasteiger partial charge in [0.25, 0.3) is 0 Å². The van der Waals surface area contributed by atoms with E-state index >= 15 is 0 Å². The minimum Gasteiger partial charge on any atom is -0.463 e. The Hall–Kier alpha value is -0.480. The molecule has 1 aliphatic rings. The Morgan fingerprint density at radius 2 is 2.14 bits per heavy atom. The minimum atomic E-state index is -0.259. The van der Waals surface area contributed by atoms with Gasteiger partial charge in [0, 0.05) is 36.7 Å². The van der Waals surface area contributed by atoms with E-state index in [9.17, 15) is 4.79 Å². The van der Waals surface area contributed by atoms with E-state index < -0.39 is 0 Å². The van der Waals surface area contributed by atoms with Crippen LogP contribution in [-0.2, 0) is 9.53 Å². The summed E-state index contributed by atoms with van der Waals surface area (Å²) in [5, 5.41) is 0. The minimum absolute atomic E-state index is 0.259. The second-order valence-electron chi connectivity index (χ2n) is 3.21. The molecule has 0 bridgehead atoms. The number of thioether (sulfide) groups is 1. The molecule has 4 heteroatoms. The molecule has 14 heavy (non-hydrogen) atoms. The van der Waals surface area contributed by atoms with E-state index in [1.165, 1.54) is 0 Å². The van der Waals surface area contributed by atoms with Crippen LogP contribution in [0.4, 0.5) is 0 Å². The van der Waals surface area contributed by atoms with Gasteiger partial charge in [-0.2, -0.15) is 11.8 Å². The Morgan fingerprint density at radius 1 is 1.50 bits per heavy atom. The molecular weight excluding hydrogens is 198 g/mol. The molecule has 3 nitrogen and oxygen atoms in total. The molecule has 0 atom stereocenters. The lowest BCUT2D eigenvalue weighted by Gasteiger charge is -2.26. The van der Waals surface area contributed by atoms with Crippen molar-refractivity contribution in [3.63, 3.8) is 0 Å². The number of esters is 1. The SMILES string of the molecule is C=C(CN1CCSCC1)C(=O)OCC. The molecule has 0 amide bonds. The average Bonchev–Trinajstić information content (AvgIpc) is 2.19. The predicted octanol–water partition coefficient (Wildman–Crippen LogP) is 1.15. The third-order valence-corrected chi connectivity index (χ3v) is 3.02. The van der Waals surface area contributed by atoms with E-state index in [-0.39, 0.29) is 5.97 Å². The number of ether oxygens (including phenoxy) is 1.